The first-order valence-corrected chi connectivity index (χ1v) is 11.5. The molecule has 2 aromatic carbocycles. The van der Waals surface area contributed by atoms with Crippen LogP contribution < -0.4 is 10.4 Å². The van der Waals surface area contributed by atoms with Gasteiger partial charge in [0.25, 0.3) is 0 Å². The van der Waals surface area contributed by atoms with E-state index in [2.05, 4.69) is 9.88 Å². The van der Waals surface area contributed by atoms with E-state index in [0.717, 1.165) is 49.6 Å². The summed E-state index contributed by atoms with van der Waals surface area (Å²) in [5.74, 6) is -0.0326. The minimum atomic E-state index is -4.44. The predicted molar refractivity (Wildman–Crippen MR) is 123 cm³/mol. The van der Waals surface area contributed by atoms with Crippen LogP contribution in [0.3, 0.4) is 0 Å². The molecule has 1 fully saturated rings. The molecular weight excluding hydrogens is 431 g/mol. The predicted octanol–water partition coefficient (Wildman–Crippen LogP) is 5.48. The van der Waals surface area contributed by atoms with Crippen molar-refractivity contribution in [2.24, 2.45) is 5.92 Å². The summed E-state index contributed by atoms with van der Waals surface area (Å²) in [4.78, 5) is 17.7. The molecule has 0 bridgehead atoms. The van der Waals surface area contributed by atoms with Crippen molar-refractivity contribution in [3.05, 3.63) is 64.6 Å². The fourth-order valence-electron chi connectivity index (χ4n) is 4.64. The van der Waals surface area contributed by atoms with E-state index in [1.807, 2.05) is 42.7 Å². The van der Waals surface area contributed by atoms with Gasteiger partial charge in [-0.2, -0.15) is 13.2 Å². The number of nitrogens with zero attached hydrogens (tertiary/aromatic N) is 2. The fourth-order valence-corrected chi connectivity index (χ4v) is 4.64. The van der Waals surface area contributed by atoms with Gasteiger partial charge in [-0.25, -0.2) is 4.79 Å². The summed E-state index contributed by atoms with van der Waals surface area (Å²) in [6.45, 7) is 6.35. The fraction of sp³-hybridized carbons (Fsp3) is 0.480. The number of likely N-dealkylation sites (tertiary alicyclic amines) is 1. The molecule has 1 aromatic heterocycles. The number of para-hydroxylation sites is 3. The maximum atomic E-state index is 13.3. The molecule has 1 aliphatic heterocycles. The largest absolute Gasteiger partial charge is 0.489 e. The van der Waals surface area contributed by atoms with Gasteiger partial charge >= 0.3 is 11.9 Å². The molecular formula is C25H30F3N3O2. The average Bonchev–Trinajstić information content (AvgIpc) is 3.12. The quantitative estimate of drug-likeness (QED) is 0.507. The number of ether oxygens (including phenoxy) is 1. The Kier molecular flexibility index (Phi) is 6.83. The third-order valence-corrected chi connectivity index (χ3v) is 6.49. The van der Waals surface area contributed by atoms with Crippen molar-refractivity contribution in [3.63, 3.8) is 0 Å². The van der Waals surface area contributed by atoms with Crippen molar-refractivity contribution in [2.45, 2.75) is 51.4 Å². The number of aromatic nitrogens is 2. The molecule has 4 rings (SSSR count). The van der Waals surface area contributed by atoms with Crippen molar-refractivity contribution >= 4 is 11.0 Å². The van der Waals surface area contributed by atoms with Crippen molar-refractivity contribution < 1.29 is 17.9 Å². The highest BCUT2D eigenvalue weighted by Gasteiger charge is 2.35. The van der Waals surface area contributed by atoms with Crippen LogP contribution in [0, 0.1) is 5.92 Å². The van der Waals surface area contributed by atoms with E-state index < -0.39 is 11.7 Å². The van der Waals surface area contributed by atoms with Crippen molar-refractivity contribution in [1.29, 1.82) is 0 Å². The van der Waals surface area contributed by atoms with Gasteiger partial charge in [0.15, 0.2) is 0 Å². The molecule has 1 aliphatic rings. The summed E-state index contributed by atoms with van der Waals surface area (Å²) < 4.78 is 47.8. The van der Waals surface area contributed by atoms with Crippen molar-refractivity contribution in [3.8, 4) is 5.75 Å². The van der Waals surface area contributed by atoms with E-state index in [0.29, 0.717) is 6.42 Å². The molecule has 2 heterocycles. The second-order valence-corrected chi connectivity index (χ2v) is 9.07. The summed E-state index contributed by atoms with van der Waals surface area (Å²) in [5.41, 5.74) is 0.963. The molecule has 1 atom stereocenters. The van der Waals surface area contributed by atoms with E-state index in [1.54, 1.807) is 6.07 Å². The van der Waals surface area contributed by atoms with Gasteiger partial charge in [0.2, 0.25) is 0 Å². The minimum absolute atomic E-state index is 0.0774. The summed E-state index contributed by atoms with van der Waals surface area (Å²) in [5, 5.41) is 0. The Hall–Kier alpha value is -2.74. The smallest absolute Gasteiger partial charge is 0.419 e. The van der Waals surface area contributed by atoms with E-state index in [-0.39, 0.29) is 29.5 Å². The van der Waals surface area contributed by atoms with Gasteiger partial charge in [-0.1, -0.05) is 38.1 Å². The highest BCUT2D eigenvalue weighted by atomic mass is 19.4. The first kappa shape index (κ1) is 23.4. The first-order chi connectivity index (χ1) is 15.7. The second-order valence-electron chi connectivity index (χ2n) is 9.07. The Balaban J connectivity index is 1.36. The summed E-state index contributed by atoms with van der Waals surface area (Å²) in [7, 11) is 0. The van der Waals surface area contributed by atoms with Gasteiger partial charge in [-0.05, 0) is 49.4 Å². The van der Waals surface area contributed by atoms with Crippen LogP contribution in [-0.4, -0.2) is 40.2 Å². The Morgan fingerprint density at radius 3 is 2.42 bits per heavy atom. The first-order valence-electron chi connectivity index (χ1n) is 11.5. The Bertz CT molecular complexity index is 1130. The zero-order chi connectivity index (χ0) is 23.6. The van der Waals surface area contributed by atoms with E-state index in [1.165, 1.54) is 12.1 Å². The maximum absolute atomic E-state index is 13.3. The molecule has 8 heteroatoms. The molecule has 178 valence electrons. The third-order valence-electron chi connectivity index (χ3n) is 6.49. The highest BCUT2D eigenvalue weighted by Crippen LogP contribution is 2.37. The van der Waals surface area contributed by atoms with Crippen molar-refractivity contribution in [1.82, 2.24) is 14.5 Å². The van der Waals surface area contributed by atoms with Crippen LogP contribution >= 0.6 is 0 Å². The topological polar surface area (TPSA) is 50.3 Å². The number of benzene rings is 2. The Labute approximate surface area is 191 Å². The van der Waals surface area contributed by atoms with Crippen LogP contribution in [0.15, 0.2) is 53.3 Å². The molecule has 0 amide bonds. The maximum Gasteiger partial charge on any atom is 0.419 e. The number of imidazole rings is 1. The summed E-state index contributed by atoms with van der Waals surface area (Å²) in [6.07, 6.45) is -2.41. The van der Waals surface area contributed by atoms with Crippen LogP contribution in [-0.2, 0) is 6.18 Å². The Morgan fingerprint density at radius 2 is 1.73 bits per heavy atom. The molecule has 3 aromatic rings. The van der Waals surface area contributed by atoms with Crippen LogP contribution in [0.1, 0.15) is 44.7 Å². The molecule has 0 radical (unpaired) electrons. The number of H-pyrrole nitrogens is 1. The number of fused-ring (bicyclic) bond motifs is 1. The molecule has 1 unspecified atom stereocenters. The van der Waals surface area contributed by atoms with Gasteiger partial charge in [-0.15, -0.1) is 0 Å². The summed E-state index contributed by atoms with van der Waals surface area (Å²) >= 11 is 0. The number of hydrogen-bond acceptors (Lipinski definition) is 3. The SMILES string of the molecule is CC(C)C(CCN1CCC(n2c(=O)[nH]c3ccccc32)CC1)Oc1ccccc1C(F)(F)F. The van der Waals surface area contributed by atoms with Gasteiger partial charge in [-0.3, -0.25) is 4.57 Å². The minimum Gasteiger partial charge on any atom is -0.489 e. The van der Waals surface area contributed by atoms with Crippen LogP contribution in [0.2, 0.25) is 0 Å². The molecule has 0 saturated carbocycles. The van der Waals surface area contributed by atoms with Crippen molar-refractivity contribution in [2.75, 3.05) is 19.6 Å². The number of hydrogen-bond donors (Lipinski definition) is 1. The lowest BCUT2D eigenvalue weighted by Gasteiger charge is -2.34. The lowest BCUT2D eigenvalue weighted by atomic mass is 10.0. The van der Waals surface area contributed by atoms with Gasteiger partial charge in [0.05, 0.1) is 16.6 Å². The molecule has 1 N–H and O–H groups in total. The molecule has 5 nitrogen and oxygen atoms in total. The zero-order valence-electron chi connectivity index (χ0n) is 18.9. The van der Waals surface area contributed by atoms with Gasteiger partial charge < -0.3 is 14.6 Å². The number of piperidine rings is 1. The van der Waals surface area contributed by atoms with Crippen LogP contribution in [0.5, 0.6) is 5.75 Å². The number of halogens is 3. The highest BCUT2D eigenvalue weighted by molar-refractivity contribution is 5.75. The molecule has 33 heavy (non-hydrogen) atoms. The summed E-state index contributed by atoms with van der Waals surface area (Å²) in [6, 6.07) is 13.3. The van der Waals surface area contributed by atoms with Crippen LogP contribution in [0.25, 0.3) is 11.0 Å². The van der Waals surface area contributed by atoms with Crippen LogP contribution in [0.4, 0.5) is 13.2 Å². The monoisotopic (exact) mass is 461 g/mol. The number of nitrogens with one attached hydrogen (secondary N) is 1. The zero-order valence-corrected chi connectivity index (χ0v) is 18.9. The van der Waals surface area contributed by atoms with Gasteiger partial charge in [0.1, 0.15) is 11.9 Å². The Morgan fingerprint density at radius 1 is 1.06 bits per heavy atom. The normalized spacial score (nSPS) is 17.0. The number of rotatable bonds is 7. The van der Waals surface area contributed by atoms with E-state index in [4.69, 9.17) is 4.74 Å². The standard InChI is InChI=1S/C25H30F3N3O2/c1-17(2)22(33-23-10-6-3-7-19(23)25(26,27)28)13-16-30-14-11-18(12-15-30)31-21-9-5-4-8-20(21)29-24(31)32/h3-10,17-18,22H,11-16H2,1-2H3,(H,29,32). The molecule has 0 aliphatic carbocycles. The lowest BCUT2D eigenvalue weighted by molar-refractivity contribution is -0.139. The number of alkyl halides is 3. The average molecular weight is 462 g/mol. The second kappa shape index (κ2) is 9.63. The van der Waals surface area contributed by atoms with E-state index >= 15 is 0 Å². The van der Waals surface area contributed by atoms with Gasteiger partial charge in [0, 0.05) is 25.7 Å². The van der Waals surface area contributed by atoms with E-state index in [9.17, 15) is 18.0 Å². The number of aromatic amines is 1. The third kappa shape index (κ3) is 5.27. The molecule has 1 saturated heterocycles. The molecule has 0 spiro atoms. The lowest BCUT2D eigenvalue weighted by Crippen LogP contribution is -2.39.